The smallest absolute Gasteiger partial charge is 0.308 e. The van der Waals surface area contributed by atoms with E-state index in [2.05, 4.69) is 4.90 Å². The number of esters is 1. The number of hydrogen-bond donors (Lipinski definition) is 1. The van der Waals surface area contributed by atoms with Crippen molar-refractivity contribution < 1.29 is 23.5 Å². The van der Waals surface area contributed by atoms with E-state index in [0.29, 0.717) is 19.4 Å². The van der Waals surface area contributed by atoms with Crippen LogP contribution in [0.4, 0.5) is 0 Å². The molecular formula is C19H21NO4. The van der Waals surface area contributed by atoms with Crippen molar-refractivity contribution in [1.29, 1.82) is 0 Å². The number of ether oxygens (including phenoxy) is 2. The highest BCUT2D eigenvalue weighted by molar-refractivity contribution is 5.72. The molecule has 2 aliphatic carbocycles. The molecule has 2 heterocycles. The van der Waals surface area contributed by atoms with Crippen molar-refractivity contribution in [3.8, 4) is 11.5 Å². The second-order valence-electron chi connectivity index (χ2n) is 7.11. The summed E-state index contributed by atoms with van der Waals surface area (Å²) >= 11 is 0. The fraction of sp³-hybridized carbons (Fsp3) is 0.526. The Morgan fingerprint density at radius 3 is 3.21 bits per heavy atom. The van der Waals surface area contributed by atoms with E-state index >= 15 is 0 Å². The largest absolute Gasteiger partial charge is 0.482 e. The molecule has 1 N–H and O–H groups in total. The lowest BCUT2D eigenvalue weighted by atomic mass is 9.53. The number of aliphatic hydroxyl groups is 1. The molecule has 1 spiro atoms. The van der Waals surface area contributed by atoms with Crippen molar-refractivity contribution in [2.45, 2.75) is 43.4 Å². The highest BCUT2D eigenvalue weighted by atomic mass is 16.6. The van der Waals surface area contributed by atoms with Crippen LogP contribution in [-0.4, -0.2) is 47.8 Å². The Hall–Kier alpha value is -1.85. The summed E-state index contributed by atoms with van der Waals surface area (Å²) in [6, 6.07) is 3.28. The molecule has 0 radical (unpaired) electrons. The van der Waals surface area contributed by atoms with Gasteiger partial charge < -0.3 is 19.5 Å². The number of nitrogens with zero attached hydrogens (tertiary/aromatic N) is 1. The van der Waals surface area contributed by atoms with Crippen LogP contribution >= 0.6 is 0 Å². The topological polar surface area (TPSA) is 59.0 Å². The van der Waals surface area contributed by atoms with Crippen LogP contribution in [0, 0.1) is 5.92 Å². The number of likely N-dealkylation sites (tertiary alicyclic amines) is 1. The molecule has 0 amide bonds. The maximum absolute atomic E-state index is 11.5. The van der Waals surface area contributed by atoms with Gasteiger partial charge in [0.05, 0.1) is 4.11 Å². The van der Waals surface area contributed by atoms with E-state index in [1.54, 1.807) is 12.1 Å². The summed E-state index contributed by atoms with van der Waals surface area (Å²) < 4.78 is 37.2. The van der Waals surface area contributed by atoms with E-state index in [0.717, 1.165) is 11.1 Å². The van der Waals surface area contributed by atoms with Gasteiger partial charge in [-0.05, 0) is 38.1 Å². The lowest BCUT2D eigenvalue weighted by Crippen LogP contribution is -2.64. The summed E-state index contributed by atoms with van der Waals surface area (Å²) in [6.45, 7) is 1.99. The third-order valence-electron chi connectivity index (χ3n) is 5.97. The van der Waals surface area contributed by atoms with Gasteiger partial charge in [-0.2, -0.15) is 0 Å². The minimum Gasteiger partial charge on any atom is -0.482 e. The second kappa shape index (κ2) is 4.61. The molecule has 5 atom stereocenters. The van der Waals surface area contributed by atoms with Gasteiger partial charge in [-0.25, -0.2) is 0 Å². The highest BCUT2D eigenvalue weighted by Crippen LogP contribution is 2.62. The molecule has 2 bridgehead atoms. The van der Waals surface area contributed by atoms with Gasteiger partial charge in [0, 0.05) is 29.9 Å². The van der Waals surface area contributed by atoms with Crippen LogP contribution in [0.2, 0.25) is 0 Å². The predicted molar refractivity (Wildman–Crippen MR) is 87.2 cm³/mol. The SMILES string of the molecule is [2H]C1=C[C@H]2[C@H]3Cc4ccc(OC(C)=O)c5c4[C@@]2(CCN3C)[C@@]([2H])(O5)[C@@]1([2H])O. The average molecular weight is 330 g/mol. The van der Waals surface area contributed by atoms with Crippen LogP contribution in [0.1, 0.15) is 28.6 Å². The van der Waals surface area contributed by atoms with E-state index < -0.39 is 23.5 Å². The zero-order chi connectivity index (χ0) is 19.4. The lowest BCUT2D eigenvalue weighted by Gasteiger charge is -2.56. The number of likely N-dealkylation sites (N-methyl/N-ethyl adjacent to an activating group) is 1. The fourth-order valence-corrected chi connectivity index (χ4v) is 5.01. The van der Waals surface area contributed by atoms with Crippen LogP contribution < -0.4 is 9.47 Å². The number of carbonyl (C=O) groups excluding carboxylic acids is 1. The number of hydrogen-bond acceptors (Lipinski definition) is 5. The maximum Gasteiger partial charge on any atom is 0.308 e. The third-order valence-corrected chi connectivity index (χ3v) is 5.97. The van der Waals surface area contributed by atoms with Gasteiger partial charge in [-0.1, -0.05) is 18.2 Å². The zero-order valence-electron chi connectivity index (χ0n) is 16.6. The molecule has 5 rings (SSSR count). The van der Waals surface area contributed by atoms with Crippen molar-refractivity contribution in [2.24, 2.45) is 5.92 Å². The van der Waals surface area contributed by atoms with E-state index in [-0.39, 0.29) is 29.5 Å². The summed E-state index contributed by atoms with van der Waals surface area (Å²) in [4.78, 5) is 13.8. The predicted octanol–water partition coefficient (Wildman–Crippen LogP) is 1.42. The Kier molecular flexibility index (Phi) is 2.24. The van der Waals surface area contributed by atoms with E-state index in [1.807, 2.05) is 13.1 Å². The van der Waals surface area contributed by atoms with Crippen LogP contribution in [0.3, 0.4) is 0 Å². The molecule has 1 aromatic rings. The van der Waals surface area contributed by atoms with Crippen molar-refractivity contribution in [1.82, 2.24) is 4.90 Å². The fourth-order valence-electron chi connectivity index (χ4n) is 5.01. The first kappa shape index (κ1) is 11.7. The molecule has 1 saturated heterocycles. The molecule has 2 aliphatic heterocycles. The minimum atomic E-state index is -2.52. The Morgan fingerprint density at radius 1 is 1.58 bits per heavy atom. The average Bonchev–Trinajstić information content (AvgIpc) is 2.86. The first-order valence-corrected chi connectivity index (χ1v) is 8.29. The number of piperidine rings is 1. The van der Waals surface area contributed by atoms with Gasteiger partial charge >= 0.3 is 5.97 Å². The Morgan fingerprint density at radius 2 is 2.42 bits per heavy atom. The Bertz CT molecular complexity index is 916. The second-order valence-corrected chi connectivity index (χ2v) is 7.11. The molecule has 1 aromatic carbocycles. The van der Waals surface area contributed by atoms with Crippen molar-refractivity contribution in [3.63, 3.8) is 0 Å². The van der Waals surface area contributed by atoms with Crippen molar-refractivity contribution >= 4 is 5.97 Å². The monoisotopic (exact) mass is 330 g/mol. The van der Waals surface area contributed by atoms with E-state index in [4.69, 9.17) is 13.6 Å². The molecule has 24 heavy (non-hydrogen) atoms. The quantitative estimate of drug-likeness (QED) is 0.479. The van der Waals surface area contributed by atoms with E-state index in [9.17, 15) is 9.90 Å². The number of carbonyl (C=O) groups is 1. The van der Waals surface area contributed by atoms with Gasteiger partial charge in [0.1, 0.15) is 12.2 Å². The molecule has 126 valence electrons. The van der Waals surface area contributed by atoms with Gasteiger partial charge in [0.15, 0.2) is 11.5 Å². The summed E-state index contributed by atoms with van der Waals surface area (Å²) in [5.41, 5.74) is 0.796. The summed E-state index contributed by atoms with van der Waals surface area (Å²) in [5, 5.41) is 10.9. The molecule has 0 aromatic heterocycles. The normalized spacial score (nSPS) is 46.8. The third kappa shape index (κ3) is 1.59. The highest BCUT2D eigenvalue weighted by Gasteiger charge is 2.64. The Labute approximate surface area is 145 Å². The van der Waals surface area contributed by atoms with Crippen LogP contribution in [0.5, 0.6) is 11.5 Å². The van der Waals surface area contributed by atoms with Crippen molar-refractivity contribution in [3.05, 3.63) is 35.4 Å². The molecule has 4 aliphatic rings. The molecular weight excluding hydrogens is 306 g/mol. The number of rotatable bonds is 1. The first-order chi connectivity index (χ1) is 12.6. The van der Waals surface area contributed by atoms with Gasteiger partial charge in [-0.15, -0.1) is 0 Å². The van der Waals surface area contributed by atoms with Crippen LogP contribution in [0.15, 0.2) is 24.3 Å². The van der Waals surface area contributed by atoms with Crippen LogP contribution in [-0.2, 0) is 16.6 Å². The standard InChI is InChI=1S/C19H21NO4/c1-10(21)23-15-6-3-11-9-13-12-4-5-14(22)18-19(12,7-8-20(13)2)16(11)17(15)24-18/h3-6,12-14,18,22H,7-9H2,1-2H3/t12-,13+,14-,18-,19-/m0/s1/i5D,14D,18D. The minimum absolute atomic E-state index is 0.0570. The lowest BCUT2D eigenvalue weighted by molar-refractivity contribution is -0.132. The molecule has 5 nitrogen and oxygen atoms in total. The molecule has 1 fully saturated rings. The Balaban J connectivity index is 1.85. The van der Waals surface area contributed by atoms with Crippen LogP contribution in [0.25, 0.3) is 0 Å². The molecule has 5 heteroatoms. The molecule has 0 saturated carbocycles. The van der Waals surface area contributed by atoms with Crippen molar-refractivity contribution in [2.75, 3.05) is 13.6 Å². The van der Waals surface area contributed by atoms with Gasteiger partial charge in [-0.3, -0.25) is 4.79 Å². The maximum atomic E-state index is 11.5. The molecule has 0 unspecified atom stereocenters. The number of benzene rings is 1. The summed E-state index contributed by atoms with van der Waals surface area (Å²) in [7, 11) is 2.02. The van der Waals surface area contributed by atoms with Gasteiger partial charge in [0.25, 0.3) is 0 Å². The zero-order valence-corrected chi connectivity index (χ0v) is 13.6. The summed E-state index contributed by atoms with van der Waals surface area (Å²) in [6.07, 6.45) is -1.73. The van der Waals surface area contributed by atoms with E-state index in [1.165, 1.54) is 6.92 Å². The van der Waals surface area contributed by atoms with Gasteiger partial charge in [0.2, 0.25) is 0 Å². The summed E-state index contributed by atoms with van der Waals surface area (Å²) in [5.74, 6) is -0.266. The first-order valence-electron chi connectivity index (χ1n) is 9.79.